The molecule has 2 aliphatic heterocycles. The first-order valence-corrected chi connectivity index (χ1v) is 9.42. The Kier molecular flexibility index (Phi) is 4.33. The Morgan fingerprint density at radius 3 is 3.17 bits per heavy atom. The second-order valence-electron chi connectivity index (χ2n) is 6.92. The smallest absolute Gasteiger partial charge is 0.263 e. The van der Waals surface area contributed by atoms with E-state index in [1.54, 1.807) is 18.4 Å². The number of thiophene rings is 1. The zero-order chi connectivity index (χ0) is 16.6. The second-order valence-corrected chi connectivity index (χ2v) is 8.01. The standard InChI is InChI=1S/C19H23NO3S/c1-22-13-19-8-4-10-23-17(19)7-9-20(12-19)18(21)16-11-14-5-2-3-6-15(14)24-16/h2-3,5-6,11,17H,4,7-10,12-13H2,1H3/t17-,19+/m0/s1. The van der Waals surface area contributed by atoms with Crippen LogP contribution >= 0.6 is 11.3 Å². The fourth-order valence-electron chi connectivity index (χ4n) is 4.20. The predicted molar refractivity (Wildman–Crippen MR) is 95.6 cm³/mol. The minimum Gasteiger partial charge on any atom is -0.384 e. The summed E-state index contributed by atoms with van der Waals surface area (Å²) < 4.78 is 12.7. The van der Waals surface area contributed by atoms with Crippen molar-refractivity contribution in [1.29, 1.82) is 0 Å². The van der Waals surface area contributed by atoms with Gasteiger partial charge in [0.2, 0.25) is 0 Å². The summed E-state index contributed by atoms with van der Waals surface area (Å²) in [5.74, 6) is 0.149. The second kappa shape index (κ2) is 6.47. The predicted octanol–water partition coefficient (Wildman–Crippen LogP) is 3.56. The van der Waals surface area contributed by atoms with Crippen LogP contribution in [0.4, 0.5) is 0 Å². The van der Waals surface area contributed by atoms with E-state index in [-0.39, 0.29) is 17.4 Å². The van der Waals surface area contributed by atoms with Crippen molar-refractivity contribution in [2.45, 2.75) is 25.4 Å². The van der Waals surface area contributed by atoms with Crippen LogP contribution in [0.15, 0.2) is 30.3 Å². The Morgan fingerprint density at radius 2 is 2.33 bits per heavy atom. The van der Waals surface area contributed by atoms with E-state index in [4.69, 9.17) is 9.47 Å². The van der Waals surface area contributed by atoms with Gasteiger partial charge in [0, 0.05) is 36.9 Å². The van der Waals surface area contributed by atoms with Gasteiger partial charge in [0.05, 0.1) is 17.6 Å². The summed E-state index contributed by atoms with van der Waals surface area (Å²) in [4.78, 5) is 15.9. The molecule has 0 unspecified atom stereocenters. The van der Waals surface area contributed by atoms with Crippen molar-refractivity contribution < 1.29 is 14.3 Å². The van der Waals surface area contributed by atoms with E-state index in [0.717, 1.165) is 49.2 Å². The molecule has 24 heavy (non-hydrogen) atoms. The van der Waals surface area contributed by atoms with E-state index in [2.05, 4.69) is 12.1 Å². The molecule has 5 heteroatoms. The van der Waals surface area contributed by atoms with Gasteiger partial charge in [-0.1, -0.05) is 18.2 Å². The highest BCUT2D eigenvalue weighted by Gasteiger charge is 2.47. The third kappa shape index (κ3) is 2.75. The van der Waals surface area contributed by atoms with Crippen molar-refractivity contribution in [3.05, 3.63) is 35.2 Å². The lowest BCUT2D eigenvalue weighted by Gasteiger charge is -2.50. The number of likely N-dealkylation sites (tertiary alicyclic amines) is 1. The molecule has 0 radical (unpaired) electrons. The third-order valence-corrected chi connectivity index (χ3v) is 6.45. The molecule has 2 fully saturated rings. The van der Waals surface area contributed by atoms with Crippen LogP contribution in [-0.2, 0) is 9.47 Å². The summed E-state index contributed by atoms with van der Waals surface area (Å²) in [5, 5.41) is 1.15. The van der Waals surface area contributed by atoms with Crippen LogP contribution in [0.25, 0.3) is 10.1 Å². The van der Waals surface area contributed by atoms with Crippen molar-refractivity contribution in [3.8, 4) is 0 Å². The largest absolute Gasteiger partial charge is 0.384 e. The molecule has 4 rings (SSSR count). The van der Waals surface area contributed by atoms with E-state index in [9.17, 15) is 4.79 Å². The molecular weight excluding hydrogens is 322 g/mol. The molecule has 0 N–H and O–H groups in total. The van der Waals surface area contributed by atoms with Gasteiger partial charge in [-0.15, -0.1) is 11.3 Å². The maximum absolute atomic E-state index is 13.0. The van der Waals surface area contributed by atoms with Crippen LogP contribution in [0.5, 0.6) is 0 Å². The first-order chi connectivity index (χ1) is 11.7. The van der Waals surface area contributed by atoms with E-state index in [1.807, 2.05) is 23.1 Å². The van der Waals surface area contributed by atoms with Crippen LogP contribution in [-0.4, -0.2) is 50.3 Å². The maximum atomic E-state index is 13.0. The quantitative estimate of drug-likeness (QED) is 0.854. The number of rotatable bonds is 3. The van der Waals surface area contributed by atoms with E-state index in [1.165, 1.54) is 4.70 Å². The van der Waals surface area contributed by atoms with Crippen LogP contribution in [0, 0.1) is 5.41 Å². The molecule has 0 bridgehead atoms. The molecule has 2 atom stereocenters. The number of ether oxygens (including phenoxy) is 2. The average molecular weight is 345 g/mol. The van der Waals surface area contributed by atoms with Gasteiger partial charge in [-0.2, -0.15) is 0 Å². The molecule has 0 aliphatic carbocycles. The number of carbonyl (C=O) groups is 1. The molecule has 128 valence electrons. The summed E-state index contributed by atoms with van der Waals surface area (Å²) in [6.45, 7) is 3.00. The lowest BCUT2D eigenvalue weighted by molar-refractivity contribution is -0.142. The van der Waals surface area contributed by atoms with Crippen molar-refractivity contribution in [3.63, 3.8) is 0 Å². The number of piperidine rings is 1. The van der Waals surface area contributed by atoms with Crippen molar-refractivity contribution in [1.82, 2.24) is 4.90 Å². The molecule has 3 heterocycles. The lowest BCUT2D eigenvalue weighted by atomic mass is 9.73. The van der Waals surface area contributed by atoms with E-state index in [0.29, 0.717) is 6.61 Å². The Labute approximate surface area is 146 Å². The van der Waals surface area contributed by atoms with Gasteiger partial charge in [-0.05, 0) is 36.8 Å². The Bertz CT molecular complexity index is 706. The zero-order valence-corrected chi connectivity index (χ0v) is 14.8. The summed E-state index contributed by atoms with van der Waals surface area (Å²) >= 11 is 1.59. The summed E-state index contributed by atoms with van der Waals surface area (Å²) in [6.07, 6.45) is 3.24. The normalized spacial score (nSPS) is 27.2. The fourth-order valence-corrected chi connectivity index (χ4v) is 5.24. The van der Waals surface area contributed by atoms with Gasteiger partial charge in [0.1, 0.15) is 0 Å². The highest BCUT2D eigenvalue weighted by atomic mass is 32.1. The maximum Gasteiger partial charge on any atom is 0.263 e. The fraction of sp³-hybridized carbons (Fsp3) is 0.526. The van der Waals surface area contributed by atoms with Gasteiger partial charge in [0.15, 0.2) is 0 Å². The topological polar surface area (TPSA) is 38.8 Å². The molecule has 2 aromatic rings. The molecule has 0 spiro atoms. The monoisotopic (exact) mass is 345 g/mol. The molecule has 1 amide bonds. The number of nitrogens with zero attached hydrogens (tertiary/aromatic N) is 1. The van der Waals surface area contributed by atoms with Gasteiger partial charge >= 0.3 is 0 Å². The number of amides is 1. The number of hydrogen-bond donors (Lipinski definition) is 0. The van der Waals surface area contributed by atoms with Crippen LogP contribution in [0.1, 0.15) is 28.9 Å². The Morgan fingerprint density at radius 1 is 1.46 bits per heavy atom. The highest BCUT2D eigenvalue weighted by molar-refractivity contribution is 7.20. The number of benzene rings is 1. The number of carbonyl (C=O) groups excluding carboxylic acids is 1. The van der Waals surface area contributed by atoms with Gasteiger partial charge in [-0.25, -0.2) is 0 Å². The molecule has 2 aliphatic rings. The number of methoxy groups -OCH3 is 1. The summed E-state index contributed by atoms with van der Waals surface area (Å²) in [7, 11) is 1.74. The molecule has 4 nitrogen and oxygen atoms in total. The van der Waals surface area contributed by atoms with Gasteiger partial charge < -0.3 is 14.4 Å². The Hall–Kier alpha value is -1.43. The van der Waals surface area contributed by atoms with Crippen molar-refractivity contribution in [2.24, 2.45) is 5.41 Å². The number of fused-ring (bicyclic) bond motifs is 2. The summed E-state index contributed by atoms with van der Waals surface area (Å²) in [6, 6.07) is 10.2. The first kappa shape index (κ1) is 16.1. The van der Waals surface area contributed by atoms with Crippen molar-refractivity contribution in [2.75, 3.05) is 33.4 Å². The van der Waals surface area contributed by atoms with Crippen LogP contribution in [0.3, 0.4) is 0 Å². The third-order valence-electron chi connectivity index (χ3n) is 5.34. The molecule has 2 saturated heterocycles. The van der Waals surface area contributed by atoms with E-state index < -0.39 is 0 Å². The zero-order valence-electron chi connectivity index (χ0n) is 14.0. The molecule has 1 aromatic heterocycles. The molecule has 1 aromatic carbocycles. The SMILES string of the molecule is COC[C@]12CCCO[C@H]1CCN(C(=O)c1cc3ccccc3s1)C2. The van der Waals surface area contributed by atoms with Crippen LogP contribution < -0.4 is 0 Å². The molecular formula is C19H23NO3S. The minimum atomic E-state index is -0.0441. The first-order valence-electron chi connectivity index (χ1n) is 8.60. The minimum absolute atomic E-state index is 0.0441. The van der Waals surface area contributed by atoms with Crippen molar-refractivity contribution >= 4 is 27.3 Å². The number of hydrogen-bond acceptors (Lipinski definition) is 4. The highest BCUT2D eigenvalue weighted by Crippen LogP contribution is 2.41. The average Bonchev–Trinajstić information content (AvgIpc) is 3.04. The summed E-state index contributed by atoms with van der Waals surface area (Å²) in [5.41, 5.74) is -0.0441. The molecule has 0 saturated carbocycles. The Balaban J connectivity index is 1.58. The van der Waals surface area contributed by atoms with Crippen LogP contribution in [0.2, 0.25) is 0 Å². The van der Waals surface area contributed by atoms with Gasteiger partial charge in [-0.3, -0.25) is 4.79 Å². The van der Waals surface area contributed by atoms with Gasteiger partial charge in [0.25, 0.3) is 5.91 Å². The lowest BCUT2D eigenvalue weighted by Crippen LogP contribution is -2.57. The van der Waals surface area contributed by atoms with E-state index >= 15 is 0 Å².